The van der Waals surface area contributed by atoms with E-state index in [0.717, 1.165) is 11.1 Å². The minimum absolute atomic E-state index is 0.0589. The minimum Gasteiger partial charge on any atom is -0.493 e. The molecule has 2 atom stereocenters. The zero-order chi connectivity index (χ0) is 24.1. The second kappa shape index (κ2) is 10.5. The fourth-order valence-electron chi connectivity index (χ4n) is 4.07. The molecule has 5 aliphatic rings. The van der Waals surface area contributed by atoms with Gasteiger partial charge in [0.1, 0.15) is 11.9 Å². The van der Waals surface area contributed by atoms with Crippen LogP contribution in [0.1, 0.15) is 24.5 Å². The molecule has 2 N–H and O–H groups in total. The molecular weight excluding hydrogens is 438 g/mol. The van der Waals surface area contributed by atoms with Crippen LogP contribution >= 0.6 is 0 Å². The number of benzene rings is 2. The number of aryl methyl sites for hydroxylation is 1. The molecule has 9 heteroatoms. The summed E-state index contributed by atoms with van der Waals surface area (Å²) in [6.07, 6.45) is 0.406. The van der Waals surface area contributed by atoms with E-state index in [2.05, 4.69) is 10.6 Å². The molecule has 1 fully saturated rings. The number of methoxy groups -OCH3 is 1. The second-order valence-electron chi connectivity index (χ2n) is 8.45. The van der Waals surface area contributed by atoms with Crippen molar-refractivity contribution in [2.24, 2.45) is 0 Å². The normalized spacial score (nSPS) is 21.1. The summed E-state index contributed by atoms with van der Waals surface area (Å²) in [7, 11) is 1.53. The van der Waals surface area contributed by atoms with E-state index in [-0.39, 0.29) is 42.9 Å². The number of carbonyl (C=O) groups is 3. The maximum Gasteiger partial charge on any atom is 0.258 e. The van der Waals surface area contributed by atoms with E-state index < -0.39 is 0 Å². The molecular formula is C25H29N3O6. The molecule has 180 valence electrons. The molecule has 0 radical (unpaired) electrons. The summed E-state index contributed by atoms with van der Waals surface area (Å²) in [4.78, 5) is 38.6. The number of amides is 3. The Morgan fingerprint density at radius 3 is 2.53 bits per heavy atom. The summed E-state index contributed by atoms with van der Waals surface area (Å²) in [6.45, 7) is 2.51. The molecule has 1 saturated heterocycles. The Bertz CT molecular complexity index is 1060. The Morgan fingerprint density at radius 1 is 1.03 bits per heavy atom. The maximum absolute atomic E-state index is 12.7. The third kappa shape index (κ3) is 5.78. The summed E-state index contributed by atoms with van der Waals surface area (Å²) in [5, 5.41) is 5.87. The number of hydrogen-bond acceptors (Lipinski definition) is 6. The number of nitrogens with zero attached hydrogens (tertiary/aromatic N) is 1. The van der Waals surface area contributed by atoms with Gasteiger partial charge in [-0.25, -0.2) is 0 Å². The molecule has 5 aliphatic heterocycles. The molecule has 0 saturated carbocycles. The summed E-state index contributed by atoms with van der Waals surface area (Å²) >= 11 is 0. The van der Waals surface area contributed by atoms with Crippen LogP contribution in [0.3, 0.4) is 0 Å². The molecule has 34 heavy (non-hydrogen) atoms. The monoisotopic (exact) mass is 467 g/mol. The zero-order valence-corrected chi connectivity index (χ0v) is 19.3. The van der Waals surface area contributed by atoms with E-state index in [0.29, 0.717) is 43.3 Å². The Kier molecular flexibility index (Phi) is 7.20. The SMILES string of the molecule is COc1cc2ccc1OCC(=O)NCc1ccc(cc1)O[C@H]1CN(C(C)=O)C[C@@H]1NC(=O)CC2. The van der Waals surface area contributed by atoms with Crippen molar-refractivity contribution in [3.8, 4) is 17.2 Å². The van der Waals surface area contributed by atoms with Crippen molar-refractivity contribution >= 4 is 17.7 Å². The molecule has 4 bridgehead atoms. The zero-order valence-electron chi connectivity index (χ0n) is 19.3. The van der Waals surface area contributed by atoms with Gasteiger partial charge in [0.05, 0.1) is 19.7 Å². The van der Waals surface area contributed by atoms with Crippen molar-refractivity contribution in [1.82, 2.24) is 15.5 Å². The number of ether oxygens (including phenoxy) is 3. The Morgan fingerprint density at radius 2 is 1.79 bits per heavy atom. The quantitative estimate of drug-likeness (QED) is 0.657. The van der Waals surface area contributed by atoms with Crippen LogP contribution in [0, 0.1) is 0 Å². The van der Waals surface area contributed by atoms with E-state index in [4.69, 9.17) is 14.2 Å². The van der Waals surface area contributed by atoms with Gasteiger partial charge in [-0.05, 0) is 41.8 Å². The van der Waals surface area contributed by atoms with Crippen LogP contribution in [0.4, 0.5) is 0 Å². The number of nitrogens with one attached hydrogen (secondary N) is 2. The largest absolute Gasteiger partial charge is 0.493 e. The predicted octanol–water partition coefficient (Wildman–Crippen LogP) is 1.43. The highest BCUT2D eigenvalue weighted by atomic mass is 16.5. The average molecular weight is 468 g/mol. The molecule has 0 unspecified atom stereocenters. The Hall–Kier alpha value is -3.75. The predicted molar refractivity (Wildman–Crippen MR) is 124 cm³/mol. The molecule has 0 aromatic heterocycles. The molecule has 2 aromatic rings. The van der Waals surface area contributed by atoms with Crippen LogP contribution in [0.15, 0.2) is 42.5 Å². The van der Waals surface area contributed by atoms with Gasteiger partial charge in [0.2, 0.25) is 11.8 Å². The minimum atomic E-state index is -0.361. The molecule has 0 aliphatic carbocycles. The highest BCUT2D eigenvalue weighted by Gasteiger charge is 2.36. The summed E-state index contributed by atoms with van der Waals surface area (Å²) in [5.74, 6) is 1.16. The molecule has 7 rings (SSSR count). The van der Waals surface area contributed by atoms with Gasteiger partial charge in [-0.15, -0.1) is 0 Å². The highest BCUT2D eigenvalue weighted by molar-refractivity contribution is 5.78. The van der Waals surface area contributed by atoms with Gasteiger partial charge in [0.25, 0.3) is 5.91 Å². The summed E-state index contributed by atoms with van der Waals surface area (Å²) in [5.41, 5.74) is 1.81. The number of carbonyl (C=O) groups excluding carboxylic acids is 3. The molecule has 3 amide bonds. The number of likely N-dealkylation sites (tertiary alicyclic amines) is 1. The lowest BCUT2D eigenvalue weighted by Crippen LogP contribution is -2.45. The number of rotatable bonds is 1. The first kappa shape index (κ1) is 23.4. The lowest BCUT2D eigenvalue weighted by molar-refractivity contribution is -0.128. The van der Waals surface area contributed by atoms with Gasteiger partial charge in [0, 0.05) is 26.4 Å². The lowest BCUT2D eigenvalue weighted by Gasteiger charge is -2.21. The summed E-state index contributed by atoms with van der Waals surface area (Å²) < 4.78 is 17.2. The van der Waals surface area contributed by atoms with Gasteiger partial charge in [-0.3, -0.25) is 14.4 Å². The van der Waals surface area contributed by atoms with Gasteiger partial charge >= 0.3 is 0 Å². The van der Waals surface area contributed by atoms with Gasteiger partial charge < -0.3 is 29.7 Å². The first-order valence-electron chi connectivity index (χ1n) is 11.3. The second-order valence-corrected chi connectivity index (χ2v) is 8.45. The Balaban J connectivity index is 1.56. The molecule has 2 aromatic carbocycles. The van der Waals surface area contributed by atoms with Crippen molar-refractivity contribution in [2.45, 2.75) is 38.5 Å². The van der Waals surface area contributed by atoms with Crippen LogP contribution in [0.2, 0.25) is 0 Å². The van der Waals surface area contributed by atoms with Crippen LogP contribution in [-0.4, -0.2) is 61.6 Å². The fourth-order valence-corrected chi connectivity index (χ4v) is 4.07. The topological polar surface area (TPSA) is 106 Å². The van der Waals surface area contributed by atoms with Crippen LogP contribution in [-0.2, 0) is 27.3 Å². The van der Waals surface area contributed by atoms with E-state index in [1.54, 1.807) is 17.0 Å². The van der Waals surface area contributed by atoms with Crippen molar-refractivity contribution < 1.29 is 28.6 Å². The van der Waals surface area contributed by atoms with Gasteiger partial charge in [0.15, 0.2) is 18.1 Å². The fraction of sp³-hybridized carbons (Fsp3) is 0.400. The standard InChI is InChI=1S/C25H29N3O6/c1-16(29)28-13-20-23(14-28)34-19-7-3-18(4-8-19)12-26-25(31)15-33-21-9-5-17(11-22(21)32-2)6-10-24(30)27-20/h3-5,7-9,11,20,23H,6,10,12-15H2,1-2H3,(H,26,31)(H,27,30)/t20-,23-/m0/s1. The lowest BCUT2D eigenvalue weighted by atomic mass is 10.1. The third-order valence-corrected chi connectivity index (χ3v) is 5.99. The van der Waals surface area contributed by atoms with Crippen molar-refractivity contribution in [3.05, 3.63) is 53.6 Å². The summed E-state index contributed by atoms with van der Waals surface area (Å²) in [6, 6.07) is 12.4. The molecule has 0 spiro atoms. The Labute approximate surface area is 198 Å². The highest BCUT2D eigenvalue weighted by Crippen LogP contribution is 2.28. The third-order valence-electron chi connectivity index (χ3n) is 5.99. The average Bonchev–Trinajstić information content (AvgIpc) is 3.23. The smallest absolute Gasteiger partial charge is 0.258 e. The van der Waals surface area contributed by atoms with Crippen molar-refractivity contribution in [3.63, 3.8) is 0 Å². The van der Waals surface area contributed by atoms with E-state index in [9.17, 15) is 14.4 Å². The van der Waals surface area contributed by atoms with Crippen molar-refractivity contribution in [1.29, 1.82) is 0 Å². The van der Waals surface area contributed by atoms with Gasteiger partial charge in [-0.2, -0.15) is 0 Å². The van der Waals surface area contributed by atoms with Crippen LogP contribution in [0.25, 0.3) is 0 Å². The van der Waals surface area contributed by atoms with Crippen LogP contribution in [0.5, 0.6) is 17.2 Å². The first-order valence-corrected chi connectivity index (χ1v) is 11.3. The van der Waals surface area contributed by atoms with E-state index >= 15 is 0 Å². The number of hydrogen-bond donors (Lipinski definition) is 2. The van der Waals surface area contributed by atoms with Crippen LogP contribution < -0.4 is 24.8 Å². The van der Waals surface area contributed by atoms with Crippen molar-refractivity contribution in [2.75, 3.05) is 26.8 Å². The maximum atomic E-state index is 12.7. The first-order chi connectivity index (χ1) is 16.4. The van der Waals surface area contributed by atoms with E-state index in [1.165, 1.54) is 14.0 Å². The van der Waals surface area contributed by atoms with E-state index in [1.807, 2.05) is 30.3 Å². The molecule has 9 nitrogen and oxygen atoms in total. The molecule has 5 heterocycles. The van der Waals surface area contributed by atoms with Gasteiger partial charge in [-0.1, -0.05) is 18.2 Å².